The molecule has 7 nitrogen and oxygen atoms in total. The molecule has 0 N–H and O–H groups in total. The summed E-state index contributed by atoms with van der Waals surface area (Å²) in [6.07, 6.45) is 13.2. The van der Waals surface area contributed by atoms with Crippen LogP contribution in [0.25, 0.3) is 11.3 Å². The first-order valence-corrected chi connectivity index (χ1v) is 7.87. The van der Waals surface area contributed by atoms with Crippen LogP contribution in [0.4, 0.5) is 0 Å². The third kappa shape index (κ3) is 2.58. The summed E-state index contributed by atoms with van der Waals surface area (Å²) in [7, 11) is 0. The zero-order valence-corrected chi connectivity index (χ0v) is 13.5. The summed E-state index contributed by atoms with van der Waals surface area (Å²) in [5.74, 6) is 1.34. The van der Waals surface area contributed by atoms with Gasteiger partial charge < -0.3 is 9.47 Å². The van der Waals surface area contributed by atoms with Crippen molar-refractivity contribution in [2.45, 2.75) is 32.7 Å². The zero-order valence-electron chi connectivity index (χ0n) is 13.5. The van der Waals surface area contributed by atoms with Crippen molar-refractivity contribution in [1.29, 1.82) is 0 Å². The molecule has 3 heterocycles. The minimum atomic E-state index is -0.219. The van der Waals surface area contributed by atoms with Crippen molar-refractivity contribution < 1.29 is 9.47 Å². The molecule has 0 saturated carbocycles. The molecule has 0 fully saturated rings. The topological polar surface area (TPSA) is 75.0 Å². The van der Waals surface area contributed by atoms with Gasteiger partial charge in [0.2, 0.25) is 5.65 Å². The largest absolute Gasteiger partial charge is 0.465 e. The van der Waals surface area contributed by atoms with Crippen molar-refractivity contribution >= 4 is 11.3 Å². The Labute approximate surface area is 139 Å². The van der Waals surface area contributed by atoms with E-state index in [0.29, 0.717) is 22.8 Å². The molecule has 0 bridgehead atoms. The van der Waals surface area contributed by atoms with E-state index in [1.165, 1.54) is 0 Å². The van der Waals surface area contributed by atoms with Gasteiger partial charge in [-0.05, 0) is 26.7 Å². The van der Waals surface area contributed by atoms with Gasteiger partial charge in [-0.15, -0.1) is 5.10 Å². The Balaban J connectivity index is 1.61. The van der Waals surface area contributed by atoms with Gasteiger partial charge in [-0.25, -0.2) is 14.6 Å². The molecule has 24 heavy (non-hydrogen) atoms. The van der Waals surface area contributed by atoms with Crippen molar-refractivity contribution in [2.75, 3.05) is 0 Å². The molecule has 2 aromatic heterocycles. The number of nitrogens with zero attached hydrogens (tertiary/aromatic N) is 5. The number of ether oxygens (including phenoxy) is 2. The van der Waals surface area contributed by atoms with Crippen molar-refractivity contribution in [2.24, 2.45) is 0 Å². The first-order chi connectivity index (χ1) is 11.7. The molecule has 4 rings (SSSR count). The zero-order chi connectivity index (χ0) is 16.5. The highest BCUT2D eigenvalue weighted by Crippen LogP contribution is 2.30. The van der Waals surface area contributed by atoms with Gasteiger partial charge in [-0.1, -0.05) is 23.4 Å². The summed E-state index contributed by atoms with van der Waals surface area (Å²) < 4.78 is 13.2. The summed E-state index contributed by atoms with van der Waals surface area (Å²) in [6, 6.07) is -0.219. The van der Waals surface area contributed by atoms with Crippen molar-refractivity contribution in [3.63, 3.8) is 0 Å². The Morgan fingerprint density at radius 3 is 3.00 bits per heavy atom. The summed E-state index contributed by atoms with van der Waals surface area (Å²) in [4.78, 5) is 8.71. The van der Waals surface area contributed by atoms with Crippen LogP contribution in [0.15, 0.2) is 54.0 Å². The minimum absolute atomic E-state index is 0.219. The van der Waals surface area contributed by atoms with Crippen LogP contribution in [0.3, 0.4) is 0 Å². The SMILES string of the molecule is Cc1cnc2nnn(C(C)C3=COC=C(C4=CCCC=C4)O3)c2n1. The standard InChI is InChI=1S/C17H17N5O2/c1-11-8-18-16-17(19-11)22(21-20-16)12(2)14-9-23-10-15(24-14)13-6-4-3-5-7-13/h4,6-10,12H,3,5H2,1-2H3. The molecule has 0 amide bonds. The van der Waals surface area contributed by atoms with Crippen LogP contribution >= 0.6 is 0 Å². The number of hydrogen-bond donors (Lipinski definition) is 0. The molecule has 1 atom stereocenters. The molecule has 1 unspecified atom stereocenters. The second-order valence-corrected chi connectivity index (χ2v) is 5.75. The van der Waals surface area contributed by atoms with E-state index in [2.05, 4.69) is 32.4 Å². The monoisotopic (exact) mass is 323 g/mol. The van der Waals surface area contributed by atoms with Crippen molar-refractivity contribution in [3.05, 3.63) is 59.7 Å². The van der Waals surface area contributed by atoms with Crippen molar-refractivity contribution in [1.82, 2.24) is 25.0 Å². The van der Waals surface area contributed by atoms with Crippen LogP contribution < -0.4 is 0 Å². The van der Waals surface area contributed by atoms with Gasteiger partial charge in [0.1, 0.15) is 18.6 Å². The van der Waals surface area contributed by atoms with Gasteiger partial charge in [-0.3, -0.25) is 0 Å². The number of aryl methyl sites for hydroxylation is 1. The van der Waals surface area contributed by atoms with Gasteiger partial charge in [0.05, 0.1) is 11.9 Å². The first kappa shape index (κ1) is 14.6. The van der Waals surface area contributed by atoms with E-state index in [9.17, 15) is 0 Å². The van der Waals surface area contributed by atoms with E-state index >= 15 is 0 Å². The van der Waals surface area contributed by atoms with Crippen LogP contribution in [-0.4, -0.2) is 25.0 Å². The average molecular weight is 323 g/mol. The van der Waals surface area contributed by atoms with E-state index in [1.807, 2.05) is 19.9 Å². The normalized spacial score (nSPS) is 18.3. The van der Waals surface area contributed by atoms with E-state index < -0.39 is 0 Å². The summed E-state index contributed by atoms with van der Waals surface area (Å²) in [6.45, 7) is 3.85. The van der Waals surface area contributed by atoms with Crippen molar-refractivity contribution in [3.8, 4) is 0 Å². The molecule has 0 saturated heterocycles. The van der Waals surface area contributed by atoms with Gasteiger partial charge in [0.15, 0.2) is 17.2 Å². The van der Waals surface area contributed by atoms with Crippen LogP contribution in [0.1, 0.15) is 31.5 Å². The molecule has 122 valence electrons. The molecular formula is C17H17N5O2. The molecule has 1 aliphatic heterocycles. The molecular weight excluding hydrogens is 306 g/mol. The number of hydrogen-bond acceptors (Lipinski definition) is 6. The number of allylic oxidation sites excluding steroid dienone is 4. The van der Waals surface area contributed by atoms with Gasteiger partial charge in [0, 0.05) is 5.57 Å². The van der Waals surface area contributed by atoms with E-state index in [1.54, 1.807) is 23.4 Å². The maximum Gasteiger partial charge on any atom is 0.221 e. The van der Waals surface area contributed by atoms with Gasteiger partial charge >= 0.3 is 0 Å². The maximum absolute atomic E-state index is 6.03. The lowest BCUT2D eigenvalue weighted by Gasteiger charge is -2.22. The Kier molecular flexibility index (Phi) is 3.60. The number of rotatable bonds is 3. The molecule has 7 heteroatoms. The maximum atomic E-state index is 6.03. The highest BCUT2D eigenvalue weighted by Gasteiger charge is 2.23. The van der Waals surface area contributed by atoms with Crippen LogP contribution in [0.5, 0.6) is 0 Å². The van der Waals surface area contributed by atoms with E-state index in [-0.39, 0.29) is 6.04 Å². The summed E-state index contributed by atoms with van der Waals surface area (Å²) >= 11 is 0. The minimum Gasteiger partial charge on any atom is -0.465 e. The fraction of sp³-hybridized carbons (Fsp3) is 0.294. The lowest BCUT2D eigenvalue weighted by molar-refractivity contribution is 0.197. The van der Waals surface area contributed by atoms with Gasteiger partial charge in [0.25, 0.3) is 0 Å². The Morgan fingerprint density at radius 2 is 2.17 bits per heavy atom. The number of aromatic nitrogens is 5. The highest BCUT2D eigenvalue weighted by atomic mass is 16.5. The lowest BCUT2D eigenvalue weighted by atomic mass is 10.1. The quantitative estimate of drug-likeness (QED) is 0.864. The lowest BCUT2D eigenvalue weighted by Crippen LogP contribution is -2.15. The predicted octanol–water partition coefficient (Wildman–Crippen LogP) is 3.10. The second-order valence-electron chi connectivity index (χ2n) is 5.75. The van der Waals surface area contributed by atoms with E-state index in [0.717, 1.165) is 24.1 Å². The Hall–Kier alpha value is -2.96. The molecule has 0 aromatic carbocycles. The first-order valence-electron chi connectivity index (χ1n) is 7.87. The van der Waals surface area contributed by atoms with Gasteiger partial charge in [-0.2, -0.15) is 0 Å². The molecule has 0 spiro atoms. The summed E-state index contributed by atoms with van der Waals surface area (Å²) in [5.41, 5.74) is 2.97. The summed E-state index contributed by atoms with van der Waals surface area (Å²) in [5, 5.41) is 8.23. The van der Waals surface area contributed by atoms with Crippen LogP contribution in [-0.2, 0) is 9.47 Å². The Morgan fingerprint density at radius 1 is 1.25 bits per heavy atom. The molecule has 2 aromatic rings. The smallest absolute Gasteiger partial charge is 0.221 e. The van der Waals surface area contributed by atoms with Crippen LogP contribution in [0, 0.1) is 6.92 Å². The highest BCUT2D eigenvalue weighted by molar-refractivity contribution is 5.64. The third-order valence-corrected chi connectivity index (χ3v) is 3.95. The average Bonchev–Trinajstić information content (AvgIpc) is 3.05. The number of fused-ring (bicyclic) bond motifs is 1. The third-order valence-electron chi connectivity index (χ3n) is 3.95. The second kappa shape index (κ2) is 5.92. The Bertz CT molecular complexity index is 907. The van der Waals surface area contributed by atoms with Crippen LogP contribution in [0.2, 0.25) is 0 Å². The predicted molar refractivity (Wildman–Crippen MR) is 87.4 cm³/mol. The fourth-order valence-corrected chi connectivity index (χ4v) is 2.64. The molecule has 2 aliphatic rings. The van der Waals surface area contributed by atoms with E-state index in [4.69, 9.17) is 9.47 Å². The fourth-order valence-electron chi connectivity index (χ4n) is 2.64. The molecule has 1 aliphatic carbocycles. The molecule has 0 radical (unpaired) electrons.